The smallest absolute Gasteiger partial charge is 0.405 e. The maximum Gasteiger partial charge on any atom is 0.573 e. The minimum Gasteiger partial charge on any atom is -0.405 e. The monoisotopic (exact) mass is 279 g/mol. The number of nitrogens with zero attached hydrogens (tertiary/aromatic N) is 3. The molecule has 0 N–H and O–H groups in total. The summed E-state index contributed by atoms with van der Waals surface area (Å²) >= 11 is 0. The number of ether oxygens (including phenoxy) is 1. The molecule has 0 saturated heterocycles. The van der Waals surface area contributed by atoms with Crippen LogP contribution in [0.4, 0.5) is 18.9 Å². The number of benzene rings is 2. The van der Waals surface area contributed by atoms with Crippen molar-refractivity contribution in [2.75, 3.05) is 0 Å². The lowest BCUT2D eigenvalue weighted by molar-refractivity contribution is -0.274. The highest BCUT2D eigenvalue weighted by molar-refractivity contribution is 5.69. The molecule has 0 aliphatic carbocycles. The van der Waals surface area contributed by atoms with Gasteiger partial charge < -0.3 is 4.74 Å². The second kappa shape index (κ2) is 5.54. The Morgan fingerprint density at radius 3 is 2.30 bits per heavy atom. The molecule has 0 aromatic heterocycles. The Hall–Kier alpha value is -2.66. The molecule has 0 atom stereocenters. The molecular formula is C13H8F3N3O. The SMILES string of the molecule is [N-]=[N+]=Nc1ccc(-c2ccccc2)cc1OC(F)(F)F. The fourth-order valence-corrected chi connectivity index (χ4v) is 1.66. The molecule has 0 spiro atoms. The molecule has 4 nitrogen and oxygen atoms in total. The number of azide groups is 1. The third-order valence-corrected chi connectivity index (χ3v) is 2.45. The molecule has 0 unspecified atom stereocenters. The van der Waals surface area contributed by atoms with E-state index in [1.165, 1.54) is 12.1 Å². The largest absolute Gasteiger partial charge is 0.573 e. The highest BCUT2D eigenvalue weighted by atomic mass is 19.4. The normalized spacial score (nSPS) is 10.8. The van der Waals surface area contributed by atoms with Crippen molar-refractivity contribution >= 4 is 5.69 Å². The van der Waals surface area contributed by atoms with E-state index in [1.54, 1.807) is 36.4 Å². The second-order valence-corrected chi connectivity index (χ2v) is 3.79. The van der Waals surface area contributed by atoms with Crippen LogP contribution in [0.2, 0.25) is 0 Å². The summed E-state index contributed by atoms with van der Waals surface area (Å²) in [7, 11) is 0. The van der Waals surface area contributed by atoms with Crippen LogP contribution < -0.4 is 4.74 Å². The van der Waals surface area contributed by atoms with Crippen LogP contribution in [0.3, 0.4) is 0 Å². The standard InChI is InChI=1S/C13H8F3N3O/c14-13(15,16)20-12-8-10(6-7-11(12)18-19-17)9-4-2-1-3-5-9/h1-8H. The minimum atomic E-state index is -4.85. The lowest BCUT2D eigenvalue weighted by Crippen LogP contribution is -2.17. The van der Waals surface area contributed by atoms with Gasteiger partial charge in [-0.05, 0) is 28.8 Å². The molecule has 2 aromatic carbocycles. The summed E-state index contributed by atoms with van der Waals surface area (Å²) in [6.45, 7) is 0. The zero-order valence-corrected chi connectivity index (χ0v) is 10.0. The maximum atomic E-state index is 12.3. The van der Waals surface area contributed by atoms with Gasteiger partial charge in [0.1, 0.15) is 5.75 Å². The van der Waals surface area contributed by atoms with E-state index in [4.69, 9.17) is 5.53 Å². The van der Waals surface area contributed by atoms with Crippen molar-refractivity contribution in [3.05, 3.63) is 59.0 Å². The number of hydrogen-bond donors (Lipinski definition) is 0. The molecule has 0 fully saturated rings. The first-order chi connectivity index (χ1) is 9.49. The van der Waals surface area contributed by atoms with Gasteiger partial charge in [-0.2, -0.15) is 0 Å². The fraction of sp³-hybridized carbons (Fsp3) is 0.0769. The van der Waals surface area contributed by atoms with E-state index in [0.29, 0.717) is 5.56 Å². The maximum absolute atomic E-state index is 12.3. The Labute approximate surface area is 112 Å². The fourth-order valence-electron chi connectivity index (χ4n) is 1.66. The van der Waals surface area contributed by atoms with E-state index in [1.807, 2.05) is 0 Å². The summed E-state index contributed by atoms with van der Waals surface area (Å²) in [5.74, 6) is -0.531. The van der Waals surface area contributed by atoms with E-state index >= 15 is 0 Å². The van der Waals surface area contributed by atoms with Crippen LogP contribution in [-0.4, -0.2) is 6.36 Å². The van der Waals surface area contributed by atoms with Crippen LogP contribution in [0.15, 0.2) is 53.6 Å². The molecular weight excluding hydrogens is 271 g/mol. The van der Waals surface area contributed by atoms with Crippen LogP contribution in [0.1, 0.15) is 0 Å². The first-order valence-corrected chi connectivity index (χ1v) is 5.50. The lowest BCUT2D eigenvalue weighted by atomic mass is 10.1. The summed E-state index contributed by atoms with van der Waals surface area (Å²) in [5.41, 5.74) is 9.39. The topological polar surface area (TPSA) is 58.0 Å². The highest BCUT2D eigenvalue weighted by Gasteiger charge is 2.32. The van der Waals surface area contributed by atoms with Gasteiger partial charge in [-0.3, -0.25) is 0 Å². The van der Waals surface area contributed by atoms with Crippen molar-refractivity contribution in [2.45, 2.75) is 6.36 Å². The molecule has 20 heavy (non-hydrogen) atoms. The molecule has 2 rings (SSSR count). The second-order valence-electron chi connectivity index (χ2n) is 3.79. The van der Waals surface area contributed by atoms with Crippen LogP contribution >= 0.6 is 0 Å². The molecule has 2 aromatic rings. The van der Waals surface area contributed by atoms with Gasteiger partial charge in [0.05, 0.1) is 5.69 Å². The van der Waals surface area contributed by atoms with E-state index in [2.05, 4.69) is 14.8 Å². The van der Waals surface area contributed by atoms with Crippen molar-refractivity contribution in [2.24, 2.45) is 5.11 Å². The Balaban J connectivity index is 2.48. The van der Waals surface area contributed by atoms with Crippen LogP contribution in [0.25, 0.3) is 21.6 Å². The Morgan fingerprint density at radius 1 is 1.00 bits per heavy atom. The molecule has 0 radical (unpaired) electrons. The van der Waals surface area contributed by atoms with Crippen molar-refractivity contribution in [1.82, 2.24) is 0 Å². The van der Waals surface area contributed by atoms with Gasteiger partial charge in [0.25, 0.3) is 0 Å². The van der Waals surface area contributed by atoms with E-state index in [-0.39, 0.29) is 5.69 Å². The van der Waals surface area contributed by atoms with Gasteiger partial charge in [0.15, 0.2) is 0 Å². The van der Waals surface area contributed by atoms with Gasteiger partial charge in [0, 0.05) is 4.91 Å². The summed E-state index contributed by atoms with van der Waals surface area (Å²) in [6.07, 6.45) is -4.85. The molecule has 0 aliphatic rings. The molecule has 0 heterocycles. The zero-order valence-electron chi connectivity index (χ0n) is 10.0. The third kappa shape index (κ3) is 3.43. The lowest BCUT2D eigenvalue weighted by Gasteiger charge is -2.12. The Bertz CT molecular complexity index is 650. The zero-order chi connectivity index (χ0) is 14.6. The summed E-state index contributed by atoms with van der Waals surface area (Å²) in [6, 6.07) is 12.9. The minimum absolute atomic E-state index is 0.218. The number of halogens is 3. The van der Waals surface area contributed by atoms with E-state index in [0.717, 1.165) is 5.56 Å². The van der Waals surface area contributed by atoms with Crippen LogP contribution in [0, 0.1) is 0 Å². The predicted molar refractivity (Wildman–Crippen MR) is 67.4 cm³/mol. The van der Waals surface area contributed by atoms with Crippen molar-refractivity contribution < 1.29 is 17.9 Å². The Kier molecular flexibility index (Phi) is 3.81. The average Bonchev–Trinajstić information content (AvgIpc) is 2.40. The van der Waals surface area contributed by atoms with Gasteiger partial charge in [-0.15, -0.1) is 13.2 Å². The summed E-state index contributed by atoms with van der Waals surface area (Å²) in [4.78, 5) is 2.48. The number of rotatable bonds is 3. The van der Waals surface area contributed by atoms with Crippen LogP contribution in [-0.2, 0) is 0 Å². The van der Waals surface area contributed by atoms with Crippen molar-refractivity contribution in [3.63, 3.8) is 0 Å². The molecule has 0 aliphatic heterocycles. The third-order valence-electron chi connectivity index (χ3n) is 2.45. The molecule has 7 heteroatoms. The number of hydrogen-bond acceptors (Lipinski definition) is 2. The number of alkyl halides is 3. The summed E-state index contributed by atoms with van der Waals surface area (Å²) < 4.78 is 40.9. The van der Waals surface area contributed by atoms with Crippen LogP contribution in [0.5, 0.6) is 5.75 Å². The van der Waals surface area contributed by atoms with Gasteiger partial charge in [-0.1, -0.05) is 41.5 Å². The van der Waals surface area contributed by atoms with Gasteiger partial charge in [0.2, 0.25) is 0 Å². The Morgan fingerprint density at radius 2 is 1.70 bits per heavy atom. The first kappa shape index (κ1) is 13.8. The van der Waals surface area contributed by atoms with E-state index in [9.17, 15) is 13.2 Å². The molecule has 102 valence electrons. The predicted octanol–water partition coefficient (Wildman–Crippen LogP) is 5.19. The van der Waals surface area contributed by atoms with Crippen molar-refractivity contribution in [3.8, 4) is 16.9 Å². The van der Waals surface area contributed by atoms with Gasteiger partial charge >= 0.3 is 6.36 Å². The molecule has 0 bridgehead atoms. The van der Waals surface area contributed by atoms with E-state index < -0.39 is 12.1 Å². The van der Waals surface area contributed by atoms with Gasteiger partial charge in [-0.25, -0.2) is 0 Å². The summed E-state index contributed by atoms with van der Waals surface area (Å²) in [5, 5.41) is 3.18. The quantitative estimate of drug-likeness (QED) is 0.433. The molecule has 0 amide bonds. The first-order valence-electron chi connectivity index (χ1n) is 5.50. The average molecular weight is 279 g/mol. The molecule has 0 saturated carbocycles. The van der Waals surface area contributed by atoms with Crippen molar-refractivity contribution in [1.29, 1.82) is 0 Å². The highest BCUT2D eigenvalue weighted by Crippen LogP contribution is 2.36.